The van der Waals surface area contributed by atoms with Crippen molar-refractivity contribution in [1.29, 1.82) is 0 Å². The number of hydrogen-bond acceptors (Lipinski definition) is 3. The zero-order chi connectivity index (χ0) is 17.2. The maximum Gasteiger partial charge on any atom is 0.191 e. The zero-order valence-corrected chi connectivity index (χ0v) is 14.3. The summed E-state index contributed by atoms with van der Waals surface area (Å²) >= 11 is 0. The first-order valence-electron chi connectivity index (χ1n) is 8.07. The first kappa shape index (κ1) is 18.0. The maximum absolute atomic E-state index is 12.9. The van der Waals surface area contributed by atoms with Crippen molar-refractivity contribution in [3.05, 3.63) is 59.8 Å². The van der Waals surface area contributed by atoms with Gasteiger partial charge in [-0.05, 0) is 36.9 Å². The molecule has 0 saturated heterocycles. The number of furan rings is 1. The van der Waals surface area contributed by atoms with Crippen LogP contribution in [-0.4, -0.2) is 44.6 Å². The van der Waals surface area contributed by atoms with Gasteiger partial charge in [-0.15, -0.1) is 0 Å². The fourth-order valence-electron chi connectivity index (χ4n) is 2.33. The third kappa shape index (κ3) is 6.42. The van der Waals surface area contributed by atoms with Gasteiger partial charge in [0.25, 0.3) is 0 Å². The molecule has 6 heteroatoms. The van der Waals surface area contributed by atoms with E-state index in [0.29, 0.717) is 0 Å². The molecule has 1 aromatic carbocycles. The Morgan fingerprint density at radius 3 is 2.58 bits per heavy atom. The van der Waals surface area contributed by atoms with E-state index in [1.807, 2.05) is 31.3 Å². The first-order valence-corrected chi connectivity index (χ1v) is 8.07. The number of nitrogens with zero attached hydrogens (tertiary/aromatic N) is 2. The standard InChI is InChI=1S/C18H25FN4O/c1-20-18(21-10-9-17-4-3-13-24-17)22-11-12-23(2)14-15-5-7-16(19)8-6-15/h3-8,13H,9-12,14H2,1-2H3,(H2,20,21,22). The summed E-state index contributed by atoms with van der Waals surface area (Å²) in [6.45, 7) is 3.18. The summed E-state index contributed by atoms with van der Waals surface area (Å²) < 4.78 is 18.2. The average molecular weight is 332 g/mol. The third-order valence-corrected chi connectivity index (χ3v) is 3.62. The topological polar surface area (TPSA) is 52.8 Å². The molecule has 1 aromatic heterocycles. The van der Waals surface area contributed by atoms with E-state index in [1.165, 1.54) is 12.1 Å². The average Bonchev–Trinajstić information content (AvgIpc) is 3.09. The van der Waals surface area contributed by atoms with Crippen molar-refractivity contribution in [3.8, 4) is 0 Å². The van der Waals surface area contributed by atoms with Crippen LogP contribution in [0.15, 0.2) is 52.1 Å². The molecule has 130 valence electrons. The van der Waals surface area contributed by atoms with Crippen LogP contribution < -0.4 is 10.6 Å². The van der Waals surface area contributed by atoms with Gasteiger partial charge in [-0.1, -0.05) is 12.1 Å². The van der Waals surface area contributed by atoms with Crippen LogP contribution in [0.1, 0.15) is 11.3 Å². The molecule has 2 aromatic rings. The molecule has 0 amide bonds. The van der Waals surface area contributed by atoms with E-state index in [4.69, 9.17) is 4.42 Å². The SMILES string of the molecule is CN=C(NCCc1ccco1)NCCN(C)Cc1ccc(F)cc1. The summed E-state index contributed by atoms with van der Waals surface area (Å²) in [6, 6.07) is 10.5. The van der Waals surface area contributed by atoms with E-state index in [2.05, 4.69) is 20.5 Å². The van der Waals surface area contributed by atoms with Crippen LogP contribution in [0.2, 0.25) is 0 Å². The van der Waals surface area contributed by atoms with Crippen LogP contribution in [0.4, 0.5) is 4.39 Å². The molecular formula is C18H25FN4O. The van der Waals surface area contributed by atoms with Crippen LogP contribution in [0.5, 0.6) is 0 Å². The van der Waals surface area contributed by atoms with Gasteiger partial charge in [0, 0.05) is 39.6 Å². The summed E-state index contributed by atoms with van der Waals surface area (Å²) in [5.74, 6) is 1.53. The van der Waals surface area contributed by atoms with Gasteiger partial charge in [-0.3, -0.25) is 4.99 Å². The highest BCUT2D eigenvalue weighted by molar-refractivity contribution is 5.79. The number of nitrogens with one attached hydrogen (secondary N) is 2. The molecule has 0 bridgehead atoms. The molecule has 2 rings (SSSR count). The Morgan fingerprint density at radius 2 is 1.92 bits per heavy atom. The molecule has 0 atom stereocenters. The molecule has 0 radical (unpaired) electrons. The van der Waals surface area contributed by atoms with Gasteiger partial charge in [0.1, 0.15) is 11.6 Å². The normalized spacial score (nSPS) is 11.8. The number of hydrogen-bond donors (Lipinski definition) is 2. The minimum atomic E-state index is -0.201. The van der Waals surface area contributed by atoms with Crippen molar-refractivity contribution in [2.24, 2.45) is 4.99 Å². The molecule has 0 fully saturated rings. The molecule has 0 spiro atoms. The maximum atomic E-state index is 12.9. The summed E-state index contributed by atoms with van der Waals surface area (Å²) in [5, 5.41) is 6.54. The summed E-state index contributed by atoms with van der Waals surface area (Å²) in [7, 11) is 3.79. The Hall–Kier alpha value is -2.34. The number of likely N-dealkylation sites (N-methyl/N-ethyl adjacent to an activating group) is 1. The Bertz CT molecular complexity index is 610. The Labute approximate surface area is 142 Å². The van der Waals surface area contributed by atoms with Crippen LogP contribution >= 0.6 is 0 Å². The highest BCUT2D eigenvalue weighted by Crippen LogP contribution is 2.05. The molecule has 2 N–H and O–H groups in total. The molecular weight excluding hydrogens is 307 g/mol. The van der Waals surface area contributed by atoms with Crippen LogP contribution in [-0.2, 0) is 13.0 Å². The second-order valence-corrected chi connectivity index (χ2v) is 5.62. The molecule has 5 nitrogen and oxygen atoms in total. The van der Waals surface area contributed by atoms with Crippen molar-refractivity contribution in [1.82, 2.24) is 15.5 Å². The molecule has 0 aliphatic rings. The first-order chi connectivity index (χ1) is 11.7. The van der Waals surface area contributed by atoms with Gasteiger partial charge in [-0.25, -0.2) is 4.39 Å². The van der Waals surface area contributed by atoms with Crippen molar-refractivity contribution >= 4 is 5.96 Å². The van der Waals surface area contributed by atoms with Crippen molar-refractivity contribution in [2.75, 3.05) is 33.7 Å². The van der Waals surface area contributed by atoms with E-state index >= 15 is 0 Å². The fraction of sp³-hybridized carbons (Fsp3) is 0.389. The van der Waals surface area contributed by atoms with Crippen LogP contribution in [0.3, 0.4) is 0 Å². The monoisotopic (exact) mass is 332 g/mol. The van der Waals surface area contributed by atoms with E-state index in [-0.39, 0.29) is 5.82 Å². The molecule has 0 aliphatic carbocycles. The highest BCUT2D eigenvalue weighted by Gasteiger charge is 2.03. The van der Waals surface area contributed by atoms with Gasteiger partial charge >= 0.3 is 0 Å². The van der Waals surface area contributed by atoms with Crippen LogP contribution in [0, 0.1) is 5.82 Å². The lowest BCUT2D eigenvalue weighted by atomic mass is 10.2. The Morgan fingerprint density at radius 1 is 1.17 bits per heavy atom. The smallest absolute Gasteiger partial charge is 0.191 e. The summed E-state index contributed by atoms with van der Waals surface area (Å²) in [4.78, 5) is 6.38. The minimum Gasteiger partial charge on any atom is -0.469 e. The zero-order valence-electron chi connectivity index (χ0n) is 14.3. The molecule has 24 heavy (non-hydrogen) atoms. The lowest BCUT2D eigenvalue weighted by Gasteiger charge is -2.18. The van der Waals surface area contributed by atoms with E-state index in [9.17, 15) is 4.39 Å². The quantitative estimate of drug-likeness (QED) is 0.575. The van der Waals surface area contributed by atoms with Gasteiger partial charge in [0.2, 0.25) is 0 Å². The predicted molar refractivity (Wildman–Crippen MR) is 94.5 cm³/mol. The van der Waals surface area contributed by atoms with Crippen molar-refractivity contribution < 1.29 is 8.81 Å². The predicted octanol–water partition coefficient (Wildman–Crippen LogP) is 2.26. The minimum absolute atomic E-state index is 0.201. The van der Waals surface area contributed by atoms with Crippen LogP contribution in [0.25, 0.3) is 0 Å². The lowest BCUT2D eigenvalue weighted by Crippen LogP contribution is -2.41. The molecule has 0 aliphatic heterocycles. The van der Waals surface area contributed by atoms with E-state index in [1.54, 1.807) is 13.3 Å². The number of benzene rings is 1. The summed E-state index contributed by atoms with van der Waals surface area (Å²) in [5.41, 5.74) is 1.10. The molecule has 0 unspecified atom stereocenters. The van der Waals surface area contributed by atoms with Gasteiger partial charge < -0.3 is 20.0 Å². The molecule has 0 saturated carbocycles. The number of halogens is 1. The number of aliphatic imine (C=N–C) groups is 1. The van der Waals surface area contributed by atoms with Crippen molar-refractivity contribution in [3.63, 3.8) is 0 Å². The van der Waals surface area contributed by atoms with Gasteiger partial charge in [-0.2, -0.15) is 0 Å². The Balaban J connectivity index is 1.62. The van der Waals surface area contributed by atoms with E-state index < -0.39 is 0 Å². The van der Waals surface area contributed by atoms with Crippen molar-refractivity contribution in [2.45, 2.75) is 13.0 Å². The van der Waals surface area contributed by atoms with E-state index in [0.717, 1.165) is 49.9 Å². The summed E-state index contributed by atoms with van der Waals surface area (Å²) in [6.07, 6.45) is 2.50. The van der Waals surface area contributed by atoms with Gasteiger partial charge in [0.15, 0.2) is 5.96 Å². The Kier molecular flexibility index (Phi) is 7.29. The fourth-order valence-corrected chi connectivity index (χ4v) is 2.33. The van der Waals surface area contributed by atoms with Gasteiger partial charge in [0.05, 0.1) is 6.26 Å². The highest BCUT2D eigenvalue weighted by atomic mass is 19.1. The largest absolute Gasteiger partial charge is 0.469 e. The number of guanidine groups is 1. The molecule has 1 heterocycles. The second kappa shape index (κ2) is 9.72. The number of rotatable bonds is 8. The second-order valence-electron chi connectivity index (χ2n) is 5.62. The lowest BCUT2D eigenvalue weighted by molar-refractivity contribution is 0.331. The third-order valence-electron chi connectivity index (χ3n) is 3.62.